The normalized spacial score (nSPS) is 19.7. The van der Waals surface area contributed by atoms with Gasteiger partial charge in [0.2, 0.25) is 0 Å². The Morgan fingerprint density at radius 3 is 2.18 bits per heavy atom. The molecule has 5 rings (SSSR count). The fourth-order valence-corrected chi connectivity index (χ4v) is 6.47. The first-order chi connectivity index (χ1) is 21.4. The van der Waals surface area contributed by atoms with Crippen LogP contribution in [0.4, 0.5) is 26.3 Å². The number of likely N-dealkylation sites (tertiary alicyclic amines) is 1. The van der Waals surface area contributed by atoms with Gasteiger partial charge in [-0.25, -0.2) is 0 Å². The Kier molecular flexibility index (Phi) is 10.3. The summed E-state index contributed by atoms with van der Waals surface area (Å²) in [5.41, 5.74) is -2.70. The third kappa shape index (κ3) is 8.53. The lowest BCUT2D eigenvalue weighted by Crippen LogP contribution is -2.49. The van der Waals surface area contributed by atoms with Gasteiger partial charge in [0.05, 0.1) is 23.1 Å². The van der Waals surface area contributed by atoms with Crippen LogP contribution >= 0.6 is 11.8 Å². The topological polar surface area (TPSA) is 57.6 Å². The predicted molar refractivity (Wildman–Crippen MR) is 160 cm³/mol. The number of rotatable bonds is 8. The van der Waals surface area contributed by atoms with Crippen LogP contribution in [-0.2, 0) is 23.8 Å². The lowest BCUT2D eigenvalue weighted by atomic mass is 10.0. The molecule has 2 fully saturated rings. The molecule has 0 bridgehead atoms. The van der Waals surface area contributed by atoms with Crippen LogP contribution in [0.1, 0.15) is 41.5 Å². The predicted octanol–water partition coefficient (Wildman–Crippen LogP) is 6.39. The summed E-state index contributed by atoms with van der Waals surface area (Å²) in [6, 6.07) is 6.06. The second-order valence-corrected chi connectivity index (χ2v) is 12.1. The number of piperidine rings is 1. The molecule has 0 saturated carbocycles. The van der Waals surface area contributed by atoms with Crippen LogP contribution < -0.4 is 9.47 Å². The summed E-state index contributed by atoms with van der Waals surface area (Å²) >= 11 is 1.29. The van der Waals surface area contributed by atoms with Crippen LogP contribution in [0.5, 0.6) is 11.5 Å². The fourth-order valence-electron chi connectivity index (χ4n) is 5.50. The molecule has 2 aromatic rings. The molecule has 3 aliphatic heterocycles. The molecule has 0 aromatic heterocycles. The molecule has 1 amide bonds. The highest BCUT2D eigenvalue weighted by Crippen LogP contribution is 2.39. The number of amides is 1. The van der Waals surface area contributed by atoms with Crippen molar-refractivity contribution < 1.29 is 40.6 Å². The molecule has 0 atom stereocenters. The summed E-state index contributed by atoms with van der Waals surface area (Å²) in [7, 11) is 1.35. The number of benzene rings is 2. The Morgan fingerprint density at radius 1 is 0.844 bits per heavy atom. The third-order valence-electron chi connectivity index (χ3n) is 8.04. The lowest BCUT2D eigenvalue weighted by molar-refractivity contribution is -0.143. The van der Waals surface area contributed by atoms with Crippen LogP contribution in [0.15, 0.2) is 46.3 Å². The zero-order valence-corrected chi connectivity index (χ0v) is 25.5. The fraction of sp³-hybridized carbons (Fsp3) is 0.484. The Hall–Kier alpha value is -3.23. The Morgan fingerprint density at radius 2 is 1.53 bits per heavy atom. The highest BCUT2D eigenvalue weighted by molar-refractivity contribution is 8.18. The standard InChI is InChI=1S/C31H34F6N4O3S/c1-43-26-17-21(5-8-25(26)44-20-22-6-7-23(30(32,33)34)19-24(22)31(35,36)37)18-27-28(42)38-29(45-27)41-15-13-40(14-16-41)12-11-39-9-3-2-4-10-39/h5-8,17-19H,2-4,9-16,20H2,1H3. The Bertz CT molecular complexity index is 1430. The number of piperazine rings is 1. The number of carbonyl (C=O) groups is 1. The van der Waals surface area contributed by atoms with Gasteiger partial charge in [0.15, 0.2) is 16.7 Å². The maximum Gasteiger partial charge on any atom is 0.416 e. The highest BCUT2D eigenvalue weighted by atomic mass is 32.2. The molecule has 45 heavy (non-hydrogen) atoms. The number of ether oxygens (including phenoxy) is 2. The van der Waals surface area contributed by atoms with Crippen molar-refractivity contribution in [3.63, 3.8) is 0 Å². The maximum absolute atomic E-state index is 13.5. The molecule has 0 unspecified atom stereocenters. The van der Waals surface area contributed by atoms with Gasteiger partial charge in [-0.15, -0.1) is 0 Å². The van der Waals surface area contributed by atoms with Crippen molar-refractivity contribution >= 4 is 28.9 Å². The molecule has 0 radical (unpaired) electrons. The lowest BCUT2D eigenvalue weighted by Gasteiger charge is -2.36. The van der Waals surface area contributed by atoms with E-state index in [0.29, 0.717) is 21.7 Å². The smallest absolute Gasteiger partial charge is 0.416 e. The Balaban J connectivity index is 1.18. The Labute approximate surface area is 261 Å². The number of aliphatic imine (C=N–C) groups is 1. The average molecular weight is 657 g/mol. The molecule has 3 aliphatic rings. The highest BCUT2D eigenvalue weighted by Gasteiger charge is 2.38. The van der Waals surface area contributed by atoms with E-state index in [4.69, 9.17) is 9.47 Å². The molecule has 0 aliphatic carbocycles. The summed E-state index contributed by atoms with van der Waals surface area (Å²) < 4.78 is 90.5. The van der Waals surface area contributed by atoms with E-state index >= 15 is 0 Å². The average Bonchev–Trinajstić information content (AvgIpc) is 3.38. The molecule has 2 aromatic carbocycles. The minimum Gasteiger partial charge on any atom is -0.493 e. The summed E-state index contributed by atoms with van der Waals surface area (Å²) in [6.07, 6.45) is -4.40. The number of amidine groups is 1. The van der Waals surface area contributed by atoms with E-state index in [2.05, 4.69) is 19.7 Å². The quantitative estimate of drug-likeness (QED) is 0.241. The molecule has 7 nitrogen and oxygen atoms in total. The van der Waals surface area contributed by atoms with Gasteiger partial charge in [-0.2, -0.15) is 31.3 Å². The number of nitrogens with zero attached hydrogens (tertiary/aromatic N) is 4. The van der Waals surface area contributed by atoms with Crippen molar-refractivity contribution in [2.75, 3.05) is 59.5 Å². The van der Waals surface area contributed by atoms with Gasteiger partial charge in [-0.1, -0.05) is 18.6 Å². The maximum atomic E-state index is 13.5. The minimum absolute atomic E-state index is 0.0776. The van der Waals surface area contributed by atoms with Crippen LogP contribution in [-0.4, -0.2) is 85.2 Å². The van der Waals surface area contributed by atoms with E-state index in [9.17, 15) is 31.1 Å². The van der Waals surface area contributed by atoms with Crippen molar-refractivity contribution in [2.24, 2.45) is 4.99 Å². The van der Waals surface area contributed by atoms with Crippen molar-refractivity contribution in [3.05, 3.63) is 63.6 Å². The zero-order valence-electron chi connectivity index (χ0n) is 24.7. The number of hydrogen-bond donors (Lipinski definition) is 0. The largest absolute Gasteiger partial charge is 0.493 e. The molecule has 14 heteroatoms. The zero-order chi connectivity index (χ0) is 32.2. The van der Waals surface area contributed by atoms with E-state index in [-0.39, 0.29) is 23.5 Å². The summed E-state index contributed by atoms with van der Waals surface area (Å²) in [4.78, 5) is 24.5. The van der Waals surface area contributed by atoms with Gasteiger partial charge >= 0.3 is 12.4 Å². The minimum atomic E-state index is -5.01. The van der Waals surface area contributed by atoms with Gasteiger partial charge in [0.1, 0.15) is 6.61 Å². The number of methoxy groups -OCH3 is 1. The molecule has 3 heterocycles. The van der Waals surface area contributed by atoms with E-state index in [1.54, 1.807) is 18.2 Å². The van der Waals surface area contributed by atoms with Crippen LogP contribution in [0.25, 0.3) is 6.08 Å². The van der Waals surface area contributed by atoms with E-state index in [1.165, 1.54) is 57.3 Å². The van der Waals surface area contributed by atoms with Crippen molar-refractivity contribution in [3.8, 4) is 11.5 Å². The molecule has 0 N–H and O–H groups in total. The number of alkyl halides is 6. The first-order valence-electron chi connectivity index (χ1n) is 14.7. The van der Waals surface area contributed by atoms with Gasteiger partial charge in [-0.3, -0.25) is 9.69 Å². The number of carbonyl (C=O) groups excluding carboxylic acids is 1. The first kappa shape index (κ1) is 33.1. The van der Waals surface area contributed by atoms with Gasteiger partial charge in [-0.05, 0) is 73.6 Å². The summed E-state index contributed by atoms with van der Waals surface area (Å²) in [6.45, 7) is 7.19. The van der Waals surface area contributed by atoms with Gasteiger partial charge < -0.3 is 19.3 Å². The van der Waals surface area contributed by atoms with Crippen LogP contribution in [0, 0.1) is 0 Å². The van der Waals surface area contributed by atoms with Crippen molar-refractivity contribution in [2.45, 2.75) is 38.2 Å². The van der Waals surface area contributed by atoms with Crippen molar-refractivity contribution in [1.29, 1.82) is 0 Å². The van der Waals surface area contributed by atoms with Gasteiger partial charge in [0.25, 0.3) is 5.91 Å². The first-order valence-corrected chi connectivity index (χ1v) is 15.5. The summed E-state index contributed by atoms with van der Waals surface area (Å²) in [5.74, 6) is -0.0842. The van der Waals surface area contributed by atoms with Crippen LogP contribution in [0.3, 0.4) is 0 Å². The van der Waals surface area contributed by atoms with E-state index in [1.807, 2.05) is 0 Å². The monoisotopic (exact) mass is 656 g/mol. The number of hydrogen-bond acceptors (Lipinski definition) is 7. The van der Waals surface area contributed by atoms with Crippen molar-refractivity contribution in [1.82, 2.24) is 14.7 Å². The van der Waals surface area contributed by atoms with E-state index in [0.717, 1.165) is 45.3 Å². The van der Waals surface area contributed by atoms with E-state index < -0.39 is 35.6 Å². The SMILES string of the molecule is COc1cc(C=C2SC(N3CCN(CCN4CCCCC4)CC3)=NC2=O)ccc1OCc1ccc(C(F)(F)F)cc1C(F)(F)F. The molecule has 2 saturated heterocycles. The molecule has 244 valence electrons. The molecular formula is C31H34F6N4O3S. The second kappa shape index (κ2) is 14.0. The third-order valence-corrected chi connectivity index (χ3v) is 9.09. The second-order valence-electron chi connectivity index (χ2n) is 11.1. The molecule has 0 spiro atoms. The van der Waals surface area contributed by atoms with Gasteiger partial charge in [0, 0.05) is 44.8 Å². The van der Waals surface area contributed by atoms with Crippen LogP contribution in [0.2, 0.25) is 0 Å². The summed E-state index contributed by atoms with van der Waals surface area (Å²) in [5, 5.41) is 0.658. The number of thioether (sulfide) groups is 1. The number of halogens is 6. The molecular weight excluding hydrogens is 622 g/mol.